The van der Waals surface area contributed by atoms with Crippen LogP contribution in [-0.4, -0.2) is 23.5 Å². The maximum Gasteiger partial charge on any atom is 0.310 e. The fourth-order valence-electron chi connectivity index (χ4n) is 1.85. The maximum absolute atomic E-state index is 11.7. The van der Waals surface area contributed by atoms with Gasteiger partial charge in [0.2, 0.25) is 5.91 Å². The first kappa shape index (κ1) is 14.0. The Morgan fingerprint density at radius 2 is 2.00 bits per heavy atom. The second kappa shape index (κ2) is 5.07. The van der Waals surface area contributed by atoms with Crippen LogP contribution in [-0.2, 0) is 9.59 Å². The largest absolute Gasteiger partial charge is 0.481 e. The molecular weight excluding hydrogens is 218 g/mol. The zero-order valence-corrected chi connectivity index (χ0v) is 11.1. The Bertz CT molecular complexity index is 314. The fourth-order valence-corrected chi connectivity index (χ4v) is 1.85. The minimum absolute atomic E-state index is 0.0566. The lowest BCUT2D eigenvalue weighted by molar-refractivity contribution is -0.153. The van der Waals surface area contributed by atoms with Gasteiger partial charge in [-0.3, -0.25) is 9.59 Å². The average Bonchev–Trinajstić information content (AvgIpc) is 2.91. The predicted octanol–water partition coefficient (Wildman–Crippen LogP) is 1.90. The van der Waals surface area contributed by atoms with Gasteiger partial charge in [-0.1, -0.05) is 20.8 Å². The van der Waals surface area contributed by atoms with Gasteiger partial charge in [0, 0.05) is 13.0 Å². The molecule has 0 radical (unpaired) electrons. The molecule has 0 aliphatic heterocycles. The van der Waals surface area contributed by atoms with Gasteiger partial charge in [-0.2, -0.15) is 0 Å². The van der Waals surface area contributed by atoms with E-state index in [0.717, 1.165) is 0 Å². The molecule has 1 aliphatic carbocycles. The van der Waals surface area contributed by atoms with Crippen molar-refractivity contribution in [1.29, 1.82) is 0 Å². The lowest BCUT2D eigenvalue weighted by Crippen LogP contribution is -2.39. The zero-order chi connectivity index (χ0) is 13.2. The van der Waals surface area contributed by atoms with E-state index in [1.165, 1.54) is 6.42 Å². The van der Waals surface area contributed by atoms with Gasteiger partial charge in [-0.25, -0.2) is 0 Å². The number of carbonyl (C=O) groups is 2. The molecule has 1 rings (SSSR count). The number of carboxylic acids is 1. The molecule has 3 atom stereocenters. The summed E-state index contributed by atoms with van der Waals surface area (Å²) >= 11 is 0. The third kappa shape index (κ3) is 3.45. The summed E-state index contributed by atoms with van der Waals surface area (Å²) in [6, 6.07) is 0. The topological polar surface area (TPSA) is 66.4 Å². The van der Waals surface area contributed by atoms with Crippen molar-refractivity contribution in [1.82, 2.24) is 5.32 Å². The van der Waals surface area contributed by atoms with Crippen LogP contribution in [0.4, 0.5) is 0 Å². The van der Waals surface area contributed by atoms with Crippen molar-refractivity contribution in [3.05, 3.63) is 0 Å². The Morgan fingerprint density at radius 3 is 2.35 bits per heavy atom. The summed E-state index contributed by atoms with van der Waals surface area (Å²) in [5.74, 6) is 0.177. The van der Waals surface area contributed by atoms with Crippen LogP contribution in [0.1, 0.15) is 40.5 Å². The highest BCUT2D eigenvalue weighted by atomic mass is 16.4. The number of amides is 1. The van der Waals surface area contributed by atoms with Crippen molar-refractivity contribution in [2.45, 2.75) is 40.5 Å². The van der Waals surface area contributed by atoms with E-state index in [9.17, 15) is 14.7 Å². The van der Waals surface area contributed by atoms with E-state index in [0.29, 0.717) is 18.4 Å². The fraction of sp³-hybridized carbons (Fsp3) is 0.846. The van der Waals surface area contributed by atoms with Crippen molar-refractivity contribution >= 4 is 11.9 Å². The first-order chi connectivity index (χ1) is 7.77. The second-order valence-corrected chi connectivity index (χ2v) is 5.83. The highest BCUT2D eigenvalue weighted by molar-refractivity contribution is 5.84. The number of hydrogen-bond acceptors (Lipinski definition) is 2. The van der Waals surface area contributed by atoms with Crippen LogP contribution < -0.4 is 5.32 Å². The van der Waals surface area contributed by atoms with Gasteiger partial charge >= 0.3 is 5.97 Å². The molecule has 1 amide bonds. The first-order valence-corrected chi connectivity index (χ1v) is 6.27. The summed E-state index contributed by atoms with van der Waals surface area (Å²) in [7, 11) is 0. The zero-order valence-electron chi connectivity index (χ0n) is 11.1. The van der Waals surface area contributed by atoms with Crippen molar-refractivity contribution in [3.63, 3.8) is 0 Å². The van der Waals surface area contributed by atoms with Crippen LogP contribution in [0.25, 0.3) is 0 Å². The van der Waals surface area contributed by atoms with E-state index < -0.39 is 11.4 Å². The van der Waals surface area contributed by atoms with Gasteiger partial charge < -0.3 is 10.4 Å². The molecule has 0 bridgehead atoms. The average molecular weight is 241 g/mol. The number of carboxylic acid groups (broad SMARTS) is 1. The van der Waals surface area contributed by atoms with Crippen molar-refractivity contribution in [3.8, 4) is 0 Å². The molecule has 0 aromatic rings. The lowest BCUT2D eigenvalue weighted by Gasteiger charge is -2.28. The molecule has 0 saturated heterocycles. The van der Waals surface area contributed by atoms with E-state index >= 15 is 0 Å². The summed E-state index contributed by atoms with van der Waals surface area (Å²) < 4.78 is 0. The molecule has 98 valence electrons. The molecule has 1 aliphatic rings. The van der Waals surface area contributed by atoms with Crippen LogP contribution in [0.15, 0.2) is 0 Å². The molecule has 1 fully saturated rings. The summed E-state index contributed by atoms with van der Waals surface area (Å²) in [5.41, 5.74) is -0.973. The third-order valence-electron chi connectivity index (χ3n) is 4.13. The molecular formula is C13H23NO3. The minimum atomic E-state index is -0.973. The van der Waals surface area contributed by atoms with Gasteiger partial charge in [-0.05, 0) is 31.1 Å². The van der Waals surface area contributed by atoms with E-state index in [2.05, 4.69) is 12.2 Å². The van der Waals surface area contributed by atoms with Crippen LogP contribution >= 0.6 is 0 Å². The standard InChI is InChI=1S/C13H23NO3/c1-8(2)13(4,12(16)17)6-11(15)14-7-10-5-9(10)3/h8-10H,5-7H2,1-4H3,(H,14,15)(H,16,17). The Labute approximate surface area is 103 Å². The quantitative estimate of drug-likeness (QED) is 0.746. The molecule has 3 unspecified atom stereocenters. The molecule has 4 nitrogen and oxygen atoms in total. The lowest BCUT2D eigenvalue weighted by atomic mass is 9.76. The van der Waals surface area contributed by atoms with E-state index in [1.807, 2.05) is 13.8 Å². The van der Waals surface area contributed by atoms with Crippen LogP contribution in [0.3, 0.4) is 0 Å². The van der Waals surface area contributed by atoms with Crippen LogP contribution in [0.2, 0.25) is 0 Å². The minimum Gasteiger partial charge on any atom is -0.481 e. The highest BCUT2D eigenvalue weighted by Gasteiger charge is 2.39. The highest BCUT2D eigenvalue weighted by Crippen LogP contribution is 2.37. The van der Waals surface area contributed by atoms with Crippen molar-refractivity contribution in [2.24, 2.45) is 23.2 Å². The number of nitrogens with one attached hydrogen (secondary N) is 1. The summed E-state index contributed by atoms with van der Waals surface area (Å²) in [6.07, 6.45) is 1.22. The van der Waals surface area contributed by atoms with Crippen LogP contribution in [0.5, 0.6) is 0 Å². The van der Waals surface area contributed by atoms with Gasteiger partial charge in [0.15, 0.2) is 0 Å². The number of aliphatic carboxylic acids is 1. The second-order valence-electron chi connectivity index (χ2n) is 5.83. The molecule has 0 aromatic carbocycles. The Hall–Kier alpha value is -1.06. The summed E-state index contributed by atoms with van der Waals surface area (Å²) in [6.45, 7) is 8.16. The van der Waals surface area contributed by atoms with E-state index in [4.69, 9.17) is 0 Å². The Kier molecular flexibility index (Phi) is 4.17. The predicted molar refractivity (Wildman–Crippen MR) is 65.5 cm³/mol. The Balaban J connectivity index is 2.44. The SMILES string of the molecule is CC1CC1CNC(=O)CC(C)(C(=O)O)C(C)C. The van der Waals surface area contributed by atoms with E-state index in [-0.39, 0.29) is 18.2 Å². The smallest absolute Gasteiger partial charge is 0.310 e. The van der Waals surface area contributed by atoms with Gasteiger partial charge in [0.05, 0.1) is 5.41 Å². The molecule has 0 aromatic heterocycles. The number of hydrogen-bond donors (Lipinski definition) is 2. The molecule has 0 heterocycles. The van der Waals surface area contributed by atoms with Crippen molar-refractivity contribution in [2.75, 3.05) is 6.54 Å². The molecule has 4 heteroatoms. The normalized spacial score (nSPS) is 26.4. The molecule has 1 saturated carbocycles. The summed E-state index contributed by atoms with van der Waals surface area (Å²) in [5, 5.41) is 12.0. The molecule has 2 N–H and O–H groups in total. The maximum atomic E-state index is 11.7. The van der Waals surface area contributed by atoms with Crippen LogP contribution in [0, 0.1) is 23.2 Å². The van der Waals surface area contributed by atoms with Gasteiger partial charge in [0.25, 0.3) is 0 Å². The number of rotatable bonds is 6. The van der Waals surface area contributed by atoms with Crippen molar-refractivity contribution < 1.29 is 14.7 Å². The van der Waals surface area contributed by atoms with Gasteiger partial charge in [0.1, 0.15) is 0 Å². The molecule has 0 spiro atoms. The van der Waals surface area contributed by atoms with Gasteiger partial charge in [-0.15, -0.1) is 0 Å². The summed E-state index contributed by atoms with van der Waals surface area (Å²) in [4.78, 5) is 23.0. The Morgan fingerprint density at radius 1 is 1.47 bits per heavy atom. The monoisotopic (exact) mass is 241 g/mol. The van der Waals surface area contributed by atoms with E-state index in [1.54, 1.807) is 6.92 Å². The molecule has 17 heavy (non-hydrogen) atoms. The first-order valence-electron chi connectivity index (χ1n) is 6.27. The number of carbonyl (C=O) groups excluding carboxylic acids is 1. The third-order valence-corrected chi connectivity index (χ3v) is 4.13.